The van der Waals surface area contributed by atoms with E-state index in [0.717, 1.165) is 24.5 Å². The van der Waals surface area contributed by atoms with Crippen molar-refractivity contribution < 1.29 is 13.2 Å². The first-order valence-corrected chi connectivity index (χ1v) is 11.5. The van der Waals surface area contributed by atoms with Gasteiger partial charge in [-0.15, -0.1) is 24.0 Å². The number of methoxy groups -OCH3 is 1. The Kier molecular flexibility index (Phi) is 15.4. The molecule has 1 unspecified atom stereocenters. The average molecular weight is 541 g/mol. The maximum Gasteiger partial charge on any atom is 0.240 e. The molecule has 168 valence electrons. The van der Waals surface area contributed by atoms with E-state index in [1.807, 2.05) is 13.0 Å². The van der Waals surface area contributed by atoms with Crippen LogP contribution >= 0.6 is 24.0 Å². The van der Waals surface area contributed by atoms with Crippen LogP contribution in [-0.2, 0) is 21.3 Å². The smallest absolute Gasteiger partial charge is 0.240 e. The van der Waals surface area contributed by atoms with Crippen molar-refractivity contribution in [3.63, 3.8) is 0 Å². The number of hydrogen-bond acceptors (Lipinski definition) is 4. The zero-order valence-electron chi connectivity index (χ0n) is 18.0. The van der Waals surface area contributed by atoms with E-state index in [-0.39, 0.29) is 35.4 Å². The molecule has 1 aromatic rings. The molecule has 0 saturated carbocycles. The largest absolute Gasteiger partial charge is 0.383 e. The number of aliphatic imine (C=N–C) groups is 1. The third-order valence-electron chi connectivity index (χ3n) is 4.19. The first-order chi connectivity index (χ1) is 13.4. The van der Waals surface area contributed by atoms with E-state index < -0.39 is 10.0 Å². The number of sulfonamides is 1. The van der Waals surface area contributed by atoms with Crippen LogP contribution in [0, 0.1) is 0 Å². The lowest BCUT2D eigenvalue weighted by molar-refractivity contribution is 0.204. The molecular weight excluding hydrogens is 503 g/mol. The standard InChI is InChI=1S/C20H36N4O3S.HI/c1-5-7-8-10-17(3)24-20(21-6-2)22-16-18-11-9-12-19(15-18)28(25,26)23-13-14-27-4;/h9,11-12,15,17,23H,5-8,10,13-14,16H2,1-4H3,(H2,21,22,24);1H. The molecular formula is C20H37IN4O3S. The second-order valence-electron chi connectivity index (χ2n) is 6.77. The average Bonchev–Trinajstić information content (AvgIpc) is 2.67. The fraction of sp³-hybridized carbons (Fsp3) is 0.650. The van der Waals surface area contributed by atoms with Gasteiger partial charge in [0.25, 0.3) is 0 Å². The van der Waals surface area contributed by atoms with Crippen LogP contribution in [0.4, 0.5) is 0 Å². The van der Waals surface area contributed by atoms with Crippen LogP contribution < -0.4 is 15.4 Å². The molecule has 0 spiro atoms. The number of benzene rings is 1. The molecule has 0 aromatic heterocycles. The number of hydrogen-bond donors (Lipinski definition) is 3. The van der Waals surface area contributed by atoms with Gasteiger partial charge < -0.3 is 15.4 Å². The van der Waals surface area contributed by atoms with Gasteiger partial charge in [0.05, 0.1) is 18.0 Å². The molecule has 0 saturated heterocycles. The molecule has 0 aliphatic carbocycles. The molecule has 0 bridgehead atoms. The van der Waals surface area contributed by atoms with Crippen LogP contribution in [-0.4, -0.2) is 47.2 Å². The summed E-state index contributed by atoms with van der Waals surface area (Å²) in [5, 5.41) is 6.67. The molecule has 3 N–H and O–H groups in total. The van der Waals surface area contributed by atoms with Crippen molar-refractivity contribution in [3.05, 3.63) is 29.8 Å². The zero-order valence-corrected chi connectivity index (χ0v) is 21.2. The third kappa shape index (κ3) is 11.8. The second kappa shape index (κ2) is 15.9. The summed E-state index contributed by atoms with van der Waals surface area (Å²) >= 11 is 0. The summed E-state index contributed by atoms with van der Waals surface area (Å²) in [6, 6.07) is 7.20. The molecule has 29 heavy (non-hydrogen) atoms. The summed E-state index contributed by atoms with van der Waals surface area (Å²) in [5.74, 6) is 0.748. The minimum absolute atomic E-state index is 0. The van der Waals surface area contributed by atoms with Crippen LogP contribution in [0.2, 0.25) is 0 Å². The molecule has 1 aromatic carbocycles. The van der Waals surface area contributed by atoms with Gasteiger partial charge in [-0.3, -0.25) is 0 Å². The van der Waals surface area contributed by atoms with Crippen molar-refractivity contribution in [2.45, 2.75) is 63.9 Å². The second-order valence-corrected chi connectivity index (χ2v) is 8.54. The molecule has 0 amide bonds. The number of guanidine groups is 1. The quantitative estimate of drug-likeness (QED) is 0.155. The first kappa shape index (κ1) is 28.1. The van der Waals surface area contributed by atoms with Gasteiger partial charge in [-0.05, 0) is 38.0 Å². The van der Waals surface area contributed by atoms with Gasteiger partial charge in [-0.1, -0.05) is 38.3 Å². The first-order valence-electron chi connectivity index (χ1n) is 10.0. The Morgan fingerprint density at radius 3 is 2.66 bits per heavy atom. The topological polar surface area (TPSA) is 91.8 Å². The van der Waals surface area contributed by atoms with Gasteiger partial charge >= 0.3 is 0 Å². The highest BCUT2D eigenvalue weighted by molar-refractivity contribution is 14.0. The minimum Gasteiger partial charge on any atom is -0.383 e. The van der Waals surface area contributed by atoms with Gasteiger partial charge in [0.1, 0.15) is 0 Å². The molecule has 7 nitrogen and oxygen atoms in total. The Labute approximate surface area is 193 Å². The number of rotatable bonds is 13. The molecule has 9 heteroatoms. The van der Waals surface area contributed by atoms with Gasteiger partial charge in [0, 0.05) is 26.2 Å². The van der Waals surface area contributed by atoms with E-state index >= 15 is 0 Å². The van der Waals surface area contributed by atoms with Gasteiger partial charge in [0.15, 0.2) is 5.96 Å². The highest BCUT2D eigenvalue weighted by Crippen LogP contribution is 2.12. The Balaban J connectivity index is 0.00000784. The lowest BCUT2D eigenvalue weighted by Crippen LogP contribution is -2.42. The minimum atomic E-state index is -3.55. The van der Waals surface area contributed by atoms with E-state index in [1.165, 1.54) is 26.4 Å². The number of nitrogens with zero attached hydrogens (tertiary/aromatic N) is 1. The van der Waals surface area contributed by atoms with Gasteiger partial charge in [0.2, 0.25) is 10.0 Å². The highest BCUT2D eigenvalue weighted by atomic mass is 127. The molecule has 0 aliphatic heterocycles. The van der Waals surface area contributed by atoms with Crippen LogP contribution in [0.25, 0.3) is 0 Å². The SMILES string of the molecule is CCCCCC(C)NC(=NCc1cccc(S(=O)(=O)NCCOC)c1)NCC.I. The number of nitrogens with one attached hydrogen (secondary N) is 3. The van der Waals surface area contributed by atoms with E-state index in [4.69, 9.17) is 4.74 Å². The lowest BCUT2D eigenvalue weighted by atomic mass is 10.1. The molecule has 0 radical (unpaired) electrons. The molecule has 0 aliphatic rings. The lowest BCUT2D eigenvalue weighted by Gasteiger charge is -2.17. The zero-order chi connectivity index (χ0) is 20.8. The number of ether oxygens (including phenoxy) is 1. The summed E-state index contributed by atoms with van der Waals surface area (Å²) in [6.45, 7) is 8.12. The van der Waals surface area contributed by atoms with E-state index in [2.05, 4.69) is 34.2 Å². The maximum absolute atomic E-state index is 12.3. The summed E-state index contributed by atoms with van der Waals surface area (Å²) in [6.07, 6.45) is 4.74. The molecule has 0 heterocycles. The summed E-state index contributed by atoms with van der Waals surface area (Å²) in [5.41, 5.74) is 0.838. The van der Waals surface area contributed by atoms with Crippen molar-refractivity contribution in [3.8, 4) is 0 Å². The van der Waals surface area contributed by atoms with Crippen molar-refractivity contribution in [2.24, 2.45) is 4.99 Å². The summed E-state index contributed by atoms with van der Waals surface area (Å²) in [7, 11) is -2.01. The Bertz CT molecular complexity index is 699. The maximum atomic E-state index is 12.3. The predicted octanol–water partition coefficient (Wildman–Crippen LogP) is 3.25. The Morgan fingerprint density at radius 2 is 2.00 bits per heavy atom. The molecule has 1 rings (SSSR count). The van der Waals surface area contributed by atoms with Crippen LogP contribution in [0.3, 0.4) is 0 Å². The monoisotopic (exact) mass is 540 g/mol. The fourth-order valence-corrected chi connectivity index (χ4v) is 3.75. The fourth-order valence-electron chi connectivity index (χ4n) is 2.67. The van der Waals surface area contributed by atoms with Crippen molar-refractivity contribution >= 4 is 40.0 Å². The van der Waals surface area contributed by atoms with Crippen molar-refractivity contribution in [2.75, 3.05) is 26.8 Å². The third-order valence-corrected chi connectivity index (χ3v) is 5.65. The van der Waals surface area contributed by atoms with Crippen molar-refractivity contribution in [1.29, 1.82) is 0 Å². The van der Waals surface area contributed by atoms with E-state index in [9.17, 15) is 8.42 Å². The van der Waals surface area contributed by atoms with Crippen LogP contribution in [0.5, 0.6) is 0 Å². The summed E-state index contributed by atoms with van der Waals surface area (Å²) < 4.78 is 32.1. The highest BCUT2D eigenvalue weighted by Gasteiger charge is 2.13. The van der Waals surface area contributed by atoms with Crippen molar-refractivity contribution in [1.82, 2.24) is 15.4 Å². The Hall–Kier alpha value is -0.910. The van der Waals surface area contributed by atoms with Crippen LogP contribution in [0.1, 0.15) is 52.0 Å². The summed E-state index contributed by atoms with van der Waals surface area (Å²) in [4.78, 5) is 4.85. The number of unbranched alkanes of at least 4 members (excludes halogenated alkanes) is 2. The van der Waals surface area contributed by atoms with Gasteiger partial charge in [-0.2, -0.15) is 0 Å². The predicted molar refractivity (Wildman–Crippen MR) is 130 cm³/mol. The Morgan fingerprint density at radius 1 is 1.24 bits per heavy atom. The normalized spacial score (nSPS) is 12.9. The van der Waals surface area contributed by atoms with E-state index in [0.29, 0.717) is 19.2 Å². The van der Waals surface area contributed by atoms with Gasteiger partial charge in [-0.25, -0.2) is 18.1 Å². The molecule has 0 fully saturated rings. The number of halogens is 1. The van der Waals surface area contributed by atoms with Crippen LogP contribution in [0.15, 0.2) is 34.2 Å². The molecule has 1 atom stereocenters. The van der Waals surface area contributed by atoms with E-state index in [1.54, 1.807) is 18.2 Å².